The maximum Gasteiger partial charge on any atom is 0.305 e. The highest BCUT2D eigenvalue weighted by molar-refractivity contribution is 5.85. The molecule has 0 fully saturated rings. The molecule has 0 amide bonds. The lowest BCUT2D eigenvalue weighted by Crippen LogP contribution is -2.13. The van der Waals surface area contributed by atoms with E-state index in [1.807, 2.05) is 24.3 Å². The Bertz CT molecular complexity index is 354. The first-order chi connectivity index (χ1) is 8.17. The third-order valence-electron chi connectivity index (χ3n) is 2.51. The topological polar surface area (TPSA) is 61.5 Å². The minimum atomic E-state index is -0.198. The summed E-state index contributed by atoms with van der Waals surface area (Å²) in [6.07, 6.45) is 0.937. The van der Waals surface area contributed by atoms with Gasteiger partial charge in [-0.15, -0.1) is 12.4 Å². The molecule has 0 spiro atoms. The zero-order valence-corrected chi connectivity index (χ0v) is 11.5. The number of hydrogen-bond donors (Lipinski definition) is 1. The number of rotatable bonds is 6. The van der Waals surface area contributed by atoms with Crippen LogP contribution in [-0.2, 0) is 9.53 Å². The average molecular weight is 274 g/mol. The summed E-state index contributed by atoms with van der Waals surface area (Å²) in [5, 5.41) is 0. The fourth-order valence-electron chi connectivity index (χ4n) is 1.52. The van der Waals surface area contributed by atoms with Gasteiger partial charge >= 0.3 is 5.97 Å². The van der Waals surface area contributed by atoms with Crippen molar-refractivity contribution in [2.75, 3.05) is 13.7 Å². The lowest BCUT2D eigenvalue weighted by molar-refractivity contribution is -0.143. The zero-order valence-electron chi connectivity index (χ0n) is 10.7. The second kappa shape index (κ2) is 8.78. The van der Waals surface area contributed by atoms with Crippen molar-refractivity contribution in [1.29, 1.82) is 0 Å². The van der Waals surface area contributed by atoms with Gasteiger partial charge in [-0.3, -0.25) is 4.79 Å². The molecule has 1 aromatic carbocycles. The van der Waals surface area contributed by atoms with E-state index in [-0.39, 0.29) is 24.4 Å². The van der Waals surface area contributed by atoms with Crippen molar-refractivity contribution < 1.29 is 14.3 Å². The van der Waals surface area contributed by atoms with E-state index < -0.39 is 0 Å². The molecule has 1 atom stereocenters. The molecule has 1 aromatic rings. The number of hydrogen-bond acceptors (Lipinski definition) is 4. The lowest BCUT2D eigenvalue weighted by Gasteiger charge is -2.12. The minimum Gasteiger partial charge on any atom is -0.497 e. The van der Waals surface area contributed by atoms with Crippen molar-refractivity contribution in [3.05, 3.63) is 29.8 Å². The van der Waals surface area contributed by atoms with Crippen LogP contribution in [0.25, 0.3) is 0 Å². The molecule has 1 rings (SSSR count). The van der Waals surface area contributed by atoms with Crippen LogP contribution in [0.1, 0.15) is 31.4 Å². The minimum absolute atomic E-state index is 0. The van der Waals surface area contributed by atoms with Crippen molar-refractivity contribution >= 4 is 18.4 Å². The Morgan fingerprint density at radius 3 is 2.44 bits per heavy atom. The van der Waals surface area contributed by atoms with Crippen LogP contribution in [0.2, 0.25) is 0 Å². The fraction of sp³-hybridized carbons (Fsp3) is 0.462. The largest absolute Gasteiger partial charge is 0.497 e. The molecule has 0 unspecified atom stereocenters. The molecule has 0 radical (unpaired) electrons. The molecule has 0 bridgehead atoms. The van der Waals surface area contributed by atoms with Crippen LogP contribution in [0.4, 0.5) is 0 Å². The summed E-state index contributed by atoms with van der Waals surface area (Å²) in [5.74, 6) is 0.600. The summed E-state index contributed by atoms with van der Waals surface area (Å²) in [5.41, 5.74) is 6.98. The molecule has 18 heavy (non-hydrogen) atoms. The highest BCUT2D eigenvalue weighted by Crippen LogP contribution is 2.19. The zero-order chi connectivity index (χ0) is 12.7. The maximum atomic E-state index is 11.2. The van der Waals surface area contributed by atoms with Crippen molar-refractivity contribution in [1.82, 2.24) is 0 Å². The Morgan fingerprint density at radius 1 is 1.33 bits per heavy atom. The second-order valence-electron chi connectivity index (χ2n) is 3.72. The number of methoxy groups -OCH3 is 1. The molecule has 0 heterocycles. The highest BCUT2D eigenvalue weighted by atomic mass is 35.5. The molecule has 0 saturated heterocycles. The highest BCUT2D eigenvalue weighted by Gasteiger charge is 2.09. The van der Waals surface area contributed by atoms with Crippen LogP contribution in [0.5, 0.6) is 5.75 Å². The predicted molar refractivity (Wildman–Crippen MR) is 73.0 cm³/mol. The third kappa shape index (κ3) is 5.38. The average Bonchev–Trinajstić information content (AvgIpc) is 2.36. The third-order valence-corrected chi connectivity index (χ3v) is 2.51. The molecule has 0 aromatic heterocycles. The summed E-state index contributed by atoms with van der Waals surface area (Å²) in [4.78, 5) is 11.2. The van der Waals surface area contributed by atoms with Crippen LogP contribution in [0, 0.1) is 0 Å². The van der Waals surface area contributed by atoms with Crippen LogP contribution in [0.3, 0.4) is 0 Å². The molecular formula is C13H20ClNO3. The van der Waals surface area contributed by atoms with E-state index in [0.29, 0.717) is 19.4 Å². The Morgan fingerprint density at radius 2 is 1.94 bits per heavy atom. The van der Waals surface area contributed by atoms with E-state index in [9.17, 15) is 4.79 Å². The monoisotopic (exact) mass is 273 g/mol. The van der Waals surface area contributed by atoms with Gasteiger partial charge in [0, 0.05) is 12.5 Å². The number of benzene rings is 1. The maximum absolute atomic E-state index is 11.2. The van der Waals surface area contributed by atoms with Crippen LogP contribution in [0.15, 0.2) is 24.3 Å². The van der Waals surface area contributed by atoms with Crippen molar-refractivity contribution in [2.24, 2.45) is 5.73 Å². The van der Waals surface area contributed by atoms with Crippen molar-refractivity contribution in [2.45, 2.75) is 25.8 Å². The van der Waals surface area contributed by atoms with E-state index >= 15 is 0 Å². The lowest BCUT2D eigenvalue weighted by atomic mass is 10.0. The Labute approximate surface area is 114 Å². The number of carbonyl (C=O) groups excluding carboxylic acids is 1. The Kier molecular flexibility index (Phi) is 8.16. The smallest absolute Gasteiger partial charge is 0.305 e. The van der Waals surface area contributed by atoms with Crippen LogP contribution in [-0.4, -0.2) is 19.7 Å². The first kappa shape index (κ1) is 16.7. The molecular weight excluding hydrogens is 254 g/mol. The summed E-state index contributed by atoms with van der Waals surface area (Å²) in [7, 11) is 1.62. The molecule has 0 aliphatic heterocycles. The van der Waals surface area contributed by atoms with Crippen molar-refractivity contribution in [3.63, 3.8) is 0 Å². The standard InChI is InChI=1S/C13H19NO3.ClH/c1-3-17-13(15)9-8-12(14)10-4-6-11(16-2)7-5-10;/h4-7,12H,3,8-9,14H2,1-2H3;1H/t12-;/m1./s1. The molecule has 5 heteroatoms. The number of halogens is 1. The Hall–Kier alpha value is -1.26. The van der Waals surface area contributed by atoms with Gasteiger partial charge in [0.25, 0.3) is 0 Å². The second-order valence-corrected chi connectivity index (χ2v) is 3.72. The predicted octanol–water partition coefficient (Wildman–Crippen LogP) is 2.46. The number of carbonyl (C=O) groups is 1. The van der Waals surface area contributed by atoms with Crippen LogP contribution >= 0.6 is 12.4 Å². The molecule has 4 nitrogen and oxygen atoms in total. The quantitative estimate of drug-likeness (QED) is 0.809. The Balaban J connectivity index is 0.00000289. The van der Waals surface area contributed by atoms with Crippen molar-refractivity contribution in [3.8, 4) is 5.75 Å². The summed E-state index contributed by atoms with van der Waals surface area (Å²) in [6, 6.07) is 7.40. The summed E-state index contributed by atoms with van der Waals surface area (Å²) in [6.45, 7) is 2.21. The van der Waals surface area contributed by atoms with E-state index in [2.05, 4.69) is 0 Å². The molecule has 0 saturated carbocycles. The van der Waals surface area contributed by atoms with Gasteiger partial charge in [-0.2, -0.15) is 0 Å². The van der Waals surface area contributed by atoms with E-state index in [0.717, 1.165) is 11.3 Å². The van der Waals surface area contributed by atoms with Gasteiger partial charge in [-0.05, 0) is 31.0 Å². The summed E-state index contributed by atoms with van der Waals surface area (Å²) < 4.78 is 9.91. The normalized spacial score (nSPS) is 11.3. The molecule has 2 N–H and O–H groups in total. The number of ether oxygens (including phenoxy) is 2. The van der Waals surface area contributed by atoms with Gasteiger partial charge in [0.2, 0.25) is 0 Å². The number of nitrogens with two attached hydrogens (primary N) is 1. The van der Waals surface area contributed by atoms with Gasteiger partial charge in [0.05, 0.1) is 13.7 Å². The fourth-order valence-corrected chi connectivity index (χ4v) is 1.52. The first-order valence-electron chi connectivity index (χ1n) is 5.72. The van der Waals surface area contributed by atoms with E-state index in [1.54, 1.807) is 14.0 Å². The first-order valence-corrected chi connectivity index (χ1v) is 5.72. The van der Waals surface area contributed by atoms with E-state index in [4.69, 9.17) is 15.2 Å². The SMILES string of the molecule is CCOC(=O)CC[C@@H](N)c1ccc(OC)cc1.Cl. The van der Waals surface area contributed by atoms with Gasteiger partial charge in [-0.1, -0.05) is 12.1 Å². The molecule has 0 aliphatic carbocycles. The van der Waals surface area contributed by atoms with Gasteiger partial charge in [-0.25, -0.2) is 0 Å². The molecule has 102 valence electrons. The molecule has 0 aliphatic rings. The summed E-state index contributed by atoms with van der Waals surface area (Å²) >= 11 is 0. The van der Waals surface area contributed by atoms with Gasteiger partial charge in [0.1, 0.15) is 5.75 Å². The number of esters is 1. The van der Waals surface area contributed by atoms with E-state index in [1.165, 1.54) is 0 Å². The van der Waals surface area contributed by atoms with Gasteiger partial charge < -0.3 is 15.2 Å². The van der Waals surface area contributed by atoms with Gasteiger partial charge in [0.15, 0.2) is 0 Å². The van der Waals surface area contributed by atoms with Crippen LogP contribution < -0.4 is 10.5 Å².